The van der Waals surface area contributed by atoms with Crippen molar-refractivity contribution in [3.05, 3.63) is 0 Å². The molecule has 64 valence electrons. The molecule has 11 heavy (non-hydrogen) atoms. The molecule has 0 aliphatic heterocycles. The second kappa shape index (κ2) is 1.82. The van der Waals surface area contributed by atoms with Crippen LogP contribution in [-0.2, 0) is 0 Å². The SMILES string of the molecule is CNC1(C)C2CC(C2)C1(C)C. The first-order chi connectivity index (χ1) is 5.02. The smallest absolute Gasteiger partial charge is 0.0232 e. The van der Waals surface area contributed by atoms with Gasteiger partial charge in [-0.2, -0.15) is 0 Å². The Labute approximate surface area is 69.6 Å². The van der Waals surface area contributed by atoms with Gasteiger partial charge in [-0.15, -0.1) is 0 Å². The van der Waals surface area contributed by atoms with E-state index in [0.29, 0.717) is 11.0 Å². The molecule has 0 aromatic heterocycles. The molecule has 0 amide bonds. The standard InChI is InChI=1S/C10H19N/c1-9(2)7-5-8(6-7)10(9,3)11-4/h7-8,11H,5-6H2,1-4H3. The van der Waals surface area contributed by atoms with Gasteiger partial charge in [0.2, 0.25) is 0 Å². The Morgan fingerprint density at radius 1 is 1.09 bits per heavy atom. The van der Waals surface area contributed by atoms with Crippen LogP contribution < -0.4 is 5.32 Å². The predicted octanol–water partition coefficient (Wildman–Crippen LogP) is 2.03. The van der Waals surface area contributed by atoms with Crippen molar-refractivity contribution in [1.82, 2.24) is 5.32 Å². The summed E-state index contributed by atoms with van der Waals surface area (Å²) in [5.41, 5.74) is 0.935. The van der Waals surface area contributed by atoms with Crippen LogP contribution in [0.15, 0.2) is 0 Å². The van der Waals surface area contributed by atoms with E-state index in [0.717, 1.165) is 11.8 Å². The third-order valence-corrected chi connectivity index (χ3v) is 4.83. The largest absolute Gasteiger partial charge is 0.314 e. The Kier molecular flexibility index (Phi) is 1.26. The first-order valence-electron chi connectivity index (χ1n) is 4.71. The molecule has 1 atom stereocenters. The Balaban J connectivity index is 2.34. The Morgan fingerprint density at radius 2 is 1.64 bits per heavy atom. The lowest BCUT2D eigenvalue weighted by molar-refractivity contribution is 0.179. The van der Waals surface area contributed by atoms with E-state index in [1.54, 1.807) is 0 Å². The minimum Gasteiger partial charge on any atom is -0.314 e. The zero-order chi connectivity index (χ0) is 8.28. The summed E-state index contributed by atoms with van der Waals surface area (Å²) in [6.45, 7) is 7.23. The van der Waals surface area contributed by atoms with Crippen LogP contribution >= 0.6 is 0 Å². The fourth-order valence-electron chi connectivity index (χ4n) is 3.15. The van der Waals surface area contributed by atoms with Crippen LogP contribution in [0.4, 0.5) is 0 Å². The van der Waals surface area contributed by atoms with Crippen molar-refractivity contribution in [2.75, 3.05) is 7.05 Å². The van der Waals surface area contributed by atoms with Gasteiger partial charge in [0.25, 0.3) is 0 Å². The van der Waals surface area contributed by atoms with Gasteiger partial charge in [0.05, 0.1) is 0 Å². The molecule has 0 spiro atoms. The lowest BCUT2D eigenvalue weighted by Gasteiger charge is -2.38. The first kappa shape index (κ1) is 7.60. The first-order valence-corrected chi connectivity index (χ1v) is 4.71. The van der Waals surface area contributed by atoms with Gasteiger partial charge in [-0.1, -0.05) is 13.8 Å². The summed E-state index contributed by atoms with van der Waals surface area (Å²) in [6.07, 6.45) is 2.93. The molecule has 2 bridgehead atoms. The number of nitrogens with one attached hydrogen (secondary N) is 1. The van der Waals surface area contributed by atoms with Crippen molar-refractivity contribution in [3.8, 4) is 0 Å². The molecule has 0 heterocycles. The summed E-state index contributed by atoms with van der Waals surface area (Å²) in [5, 5.41) is 3.52. The molecule has 1 nitrogen and oxygen atoms in total. The van der Waals surface area contributed by atoms with E-state index in [9.17, 15) is 0 Å². The highest BCUT2D eigenvalue weighted by atomic mass is 15.0. The molecule has 1 heteroatoms. The molecule has 0 aromatic carbocycles. The zero-order valence-electron chi connectivity index (χ0n) is 8.07. The van der Waals surface area contributed by atoms with E-state index >= 15 is 0 Å². The summed E-state index contributed by atoms with van der Waals surface area (Å²) in [5.74, 6) is 1.94. The highest BCUT2D eigenvalue weighted by Gasteiger charge is 2.63. The lowest BCUT2D eigenvalue weighted by atomic mass is 9.75. The predicted molar refractivity (Wildman–Crippen MR) is 47.5 cm³/mol. The molecule has 1 N–H and O–H groups in total. The summed E-state index contributed by atoms with van der Waals surface area (Å²) >= 11 is 0. The molecule has 3 aliphatic carbocycles. The lowest BCUT2D eigenvalue weighted by Crippen LogP contribution is -2.50. The summed E-state index contributed by atoms with van der Waals surface area (Å²) in [7, 11) is 2.11. The van der Waals surface area contributed by atoms with Gasteiger partial charge >= 0.3 is 0 Å². The molecule has 0 saturated heterocycles. The summed E-state index contributed by atoms with van der Waals surface area (Å²) in [6, 6.07) is 0. The monoisotopic (exact) mass is 153 g/mol. The second-order valence-corrected chi connectivity index (χ2v) is 5.04. The molecule has 0 radical (unpaired) electrons. The summed E-state index contributed by atoms with van der Waals surface area (Å²) < 4.78 is 0. The Bertz CT molecular complexity index is 179. The van der Waals surface area contributed by atoms with Gasteiger partial charge in [-0.3, -0.25) is 0 Å². The maximum atomic E-state index is 3.52. The van der Waals surface area contributed by atoms with Crippen LogP contribution in [0.5, 0.6) is 0 Å². The topological polar surface area (TPSA) is 12.0 Å². The van der Waals surface area contributed by atoms with E-state index in [1.807, 2.05) is 0 Å². The average molecular weight is 153 g/mol. The van der Waals surface area contributed by atoms with E-state index in [4.69, 9.17) is 0 Å². The van der Waals surface area contributed by atoms with Crippen LogP contribution in [0.3, 0.4) is 0 Å². The van der Waals surface area contributed by atoms with Gasteiger partial charge < -0.3 is 5.32 Å². The van der Waals surface area contributed by atoms with Crippen molar-refractivity contribution < 1.29 is 0 Å². The molecular weight excluding hydrogens is 134 g/mol. The van der Waals surface area contributed by atoms with Gasteiger partial charge in [0.1, 0.15) is 0 Å². The fourth-order valence-corrected chi connectivity index (χ4v) is 3.15. The fraction of sp³-hybridized carbons (Fsp3) is 1.00. The quantitative estimate of drug-likeness (QED) is 0.608. The van der Waals surface area contributed by atoms with Gasteiger partial charge in [0, 0.05) is 5.54 Å². The van der Waals surface area contributed by atoms with E-state index in [2.05, 4.69) is 33.1 Å². The highest BCUT2D eigenvalue weighted by Crippen LogP contribution is 2.64. The van der Waals surface area contributed by atoms with Crippen molar-refractivity contribution in [2.45, 2.75) is 39.2 Å². The van der Waals surface area contributed by atoms with E-state index in [1.165, 1.54) is 12.8 Å². The minimum atomic E-state index is 0.414. The molecule has 3 aliphatic rings. The number of fused-ring (bicyclic) bond motifs is 1. The maximum absolute atomic E-state index is 3.52. The van der Waals surface area contributed by atoms with E-state index < -0.39 is 0 Å². The van der Waals surface area contributed by atoms with Crippen molar-refractivity contribution in [1.29, 1.82) is 0 Å². The average Bonchev–Trinajstić information content (AvgIpc) is 2.09. The van der Waals surface area contributed by atoms with Gasteiger partial charge in [-0.25, -0.2) is 0 Å². The normalized spacial score (nSPS) is 52.4. The van der Waals surface area contributed by atoms with Crippen molar-refractivity contribution >= 4 is 0 Å². The highest BCUT2D eigenvalue weighted by molar-refractivity contribution is 5.17. The summed E-state index contributed by atoms with van der Waals surface area (Å²) in [4.78, 5) is 0. The second-order valence-electron chi connectivity index (χ2n) is 5.04. The Hall–Kier alpha value is -0.0400. The minimum absolute atomic E-state index is 0.414. The number of hydrogen-bond acceptors (Lipinski definition) is 1. The Morgan fingerprint density at radius 3 is 1.82 bits per heavy atom. The van der Waals surface area contributed by atoms with Crippen molar-refractivity contribution in [2.24, 2.45) is 17.3 Å². The van der Waals surface area contributed by atoms with Crippen LogP contribution in [-0.4, -0.2) is 12.6 Å². The van der Waals surface area contributed by atoms with Crippen LogP contribution in [0.2, 0.25) is 0 Å². The zero-order valence-corrected chi connectivity index (χ0v) is 8.07. The van der Waals surface area contributed by atoms with Crippen molar-refractivity contribution in [3.63, 3.8) is 0 Å². The number of hydrogen-bond donors (Lipinski definition) is 1. The third-order valence-electron chi connectivity index (χ3n) is 4.83. The molecular formula is C10H19N. The van der Waals surface area contributed by atoms with Crippen LogP contribution in [0.25, 0.3) is 0 Å². The van der Waals surface area contributed by atoms with Gasteiger partial charge in [-0.05, 0) is 44.1 Å². The third kappa shape index (κ3) is 0.618. The number of rotatable bonds is 1. The molecule has 3 fully saturated rings. The molecule has 3 saturated carbocycles. The molecule has 3 rings (SSSR count). The molecule has 1 unspecified atom stereocenters. The van der Waals surface area contributed by atoms with Crippen LogP contribution in [0, 0.1) is 17.3 Å². The van der Waals surface area contributed by atoms with E-state index in [-0.39, 0.29) is 0 Å². The van der Waals surface area contributed by atoms with Gasteiger partial charge in [0.15, 0.2) is 0 Å². The molecule has 0 aromatic rings. The van der Waals surface area contributed by atoms with Crippen LogP contribution in [0.1, 0.15) is 33.6 Å². The maximum Gasteiger partial charge on any atom is 0.0232 e.